The largest absolute Gasteiger partial charge is 0.453 e. The number of carbonyl (C=O) groups excluding carboxylic acids is 4. The van der Waals surface area contributed by atoms with Crippen molar-refractivity contribution >= 4 is 34.6 Å². The molecule has 34 heavy (non-hydrogen) atoms. The Morgan fingerprint density at radius 3 is 2.47 bits per heavy atom. The summed E-state index contributed by atoms with van der Waals surface area (Å²) >= 11 is 0. The molecule has 1 saturated carbocycles. The van der Waals surface area contributed by atoms with E-state index in [-0.39, 0.29) is 17.1 Å². The van der Waals surface area contributed by atoms with Crippen molar-refractivity contribution in [2.24, 2.45) is 11.3 Å². The molecule has 1 aromatic carbocycles. The van der Waals surface area contributed by atoms with Gasteiger partial charge in [0.2, 0.25) is 5.78 Å². The first kappa shape index (κ1) is 24.0. The highest BCUT2D eigenvalue weighted by atomic mass is 16.5. The lowest BCUT2D eigenvalue weighted by molar-refractivity contribution is -0.150. The maximum absolute atomic E-state index is 13.1. The van der Waals surface area contributed by atoms with Crippen molar-refractivity contribution in [3.63, 3.8) is 0 Å². The Hall–Kier alpha value is -3.16. The van der Waals surface area contributed by atoms with Crippen molar-refractivity contribution in [2.45, 2.75) is 71.9 Å². The van der Waals surface area contributed by atoms with Crippen molar-refractivity contribution in [3.8, 4) is 0 Å². The van der Waals surface area contributed by atoms with Gasteiger partial charge in [0.15, 0.2) is 6.10 Å². The average molecular weight is 468 g/mol. The van der Waals surface area contributed by atoms with Crippen LogP contribution in [-0.4, -0.2) is 51.8 Å². The van der Waals surface area contributed by atoms with Gasteiger partial charge in [-0.1, -0.05) is 39.0 Å². The van der Waals surface area contributed by atoms with Crippen LogP contribution >= 0.6 is 0 Å². The van der Waals surface area contributed by atoms with Gasteiger partial charge in [0, 0.05) is 22.2 Å². The van der Waals surface area contributed by atoms with Gasteiger partial charge in [0.25, 0.3) is 5.91 Å². The number of aromatic amines is 1. The van der Waals surface area contributed by atoms with E-state index in [2.05, 4.69) is 31.1 Å². The quantitative estimate of drug-likeness (QED) is 0.391. The molecule has 8 heteroatoms. The number of aryl methyl sites for hydroxylation is 1. The molecule has 2 N–H and O–H groups in total. The second-order valence-electron chi connectivity index (χ2n) is 10.7. The van der Waals surface area contributed by atoms with Crippen LogP contribution in [0.4, 0.5) is 4.79 Å². The Balaban J connectivity index is 1.40. The van der Waals surface area contributed by atoms with E-state index in [0.29, 0.717) is 30.0 Å². The molecule has 2 fully saturated rings. The molecule has 1 aliphatic carbocycles. The van der Waals surface area contributed by atoms with Gasteiger partial charge in [-0.2, -0.15) is 0 Å². The van der Waals surface area contributed by atoms with Crippen LogP contribution < -0.4 is 5.32 Å². The molecule has 3 amide bonds. The highest BCUT2D eigenvalue weighted by Crippen LogP contribution is 2.43. The number of ketones is 1. The Kier molecular flexibility index (Phi) is 6.04. The fourth-order valence-electron chi connectivity index (χ4n) is 5.35. The maximum atomic E-state index is 13.1. The number of esters is 1. The van der Waals surface area contributed by atoms with Crippen molar-refractivity contribution < 1.29 is 23.9 Å². The fourth-order valence-corrected chi connectivity index (χ4v) is 5.35. The molecule has 1 atom stereocenters. The van der Waals surface area contributed by atoms with Gasteiger partial charge in [-0.15, -0.1) is 0 Å². The first-order valence-corrected chi connectivity index (χ1v) is 11.9. The molecule has 2 aromatic rings. The second kappa shape index (κ2) is 8.56. The number of imide groups is 1. The number of rotatable bonds is 5. The summed E-state index contributed by atoms with van der Waals surface area (Å²) in [5.74, 6) is -1.03. The number of ether oxygens (including phenoxy) is 1. The summed E-state index contributed by atoms with van der Waals surface area (Å²) in [4.78, 5) is 55.5. The standard InChI is InChI=1S/C26H33N3O5/c1-15-21(18-8-6-7-9-19(18)27-15)22(31)16(2)34-20(30)14-29-23(32)26(28-24(29)33)12-10-17(11-13-26)25(3,4)5/h6-9,16-17,27H,10-14H2,1-5H3,(H,28,33). The summed E-state index contributed by atoms with van der Waals surface area (Å²) in [6.07, 6.45) is 1.73. The van der Waals surface area contributed by atoms with E-state index in [4.69, 9.17) is 4.74 Å². The third-order valence-electron chi connectivity index (χ3n) is 7.41. The summed E-state index contributed by atoms with van der Waals surface area (Å²) in [6.45, 7) is 9.35. The van der Waals surface area contributed by atoms with Crippen LogP contribution in [0.1, 0.15) is 69.4 Å². The first-order chi connectivity index (χ1) is 15.9. The minimum absolute atomic E-state index is 0.141. The number of hydrogen-bond acceptors (Lipinski definition) is 5. The highest BCUT2D eigenvalue weighted by Gasteiger charge is 2.53. The highest BCUT2D eigenvalue weighted by molar-refractivity contribution is 6.12. The molecule has 2 aliphatic rings. The molecule has 1 unspecified atom stereocenters. The zero-order valence-electron chi connectivity index (χ0n) is 20.5. The number of H-pyrrole nitrogens is 1. The predicted molar refractivity (Wildman–Crippen MR) is 127 cm³/mol. The lowest BCUT2D eigenvalue weighted by atomic mass is 9.67. The number of benzene rings is 1. The summed E-state index contributed by atoms with van der Waals surface area (Å²) in [5.41, 5.74) is 1.19. The van der Waals surface area contributed by atoms with Crippen LogP contribution in [-0.2, 0) is 14.3 Å². The third kappa shape index (κ3) is 4.21. The molecule has 8 nitrogen and oxygen atoms in total. The number of Topliss-reactive ketones (excluding diaryl/α,β-unsaturated/α-hetero) is 1. The SMILES string of the molecule is Cc1[nH]c2ccccc2c1C(=O)C(C)OC(=O)CN1C(=O)NC2(CCC(C(C)(C)C)CC2)C1=O. The van der Waals surface area contributed by atoms with E-state index in [1.807, 2.05) is 24.3 Å². The number of nitrogens with zero attached hydrogens (tertiary/aromatic N) is 1. The van der Waals surface area contributed by atoms with Gasteiger partial charge in [0.1, 0.15) is 12.1 Å². The summed E-state index contributed by atoms with van der Waals surface area (Å²) in [7, 11) is 0. The van der Waals surface area contributed by atoms with Crippen molar-refractivity contribution in [3.05, 3.63) is 35.5 Å². The number of fused-ring (bicyclic) bond motifs is 1. The Morgan fingerprint density at radius 1 is 1.18 bits per heavy atom. The molecule has 4 rings (SSSR count). The summed E-state index contributed by atoms with van der Waals surface area (Å²) in [5, 5.41) is 3.59. The molecule has 1 aromatic heterocycles. The number of urea groups is 1. The molecule has 0 radical (unpaired) electrons. The average Bonchev–Trinajstić information content (AvgIpc) is 3.21. The Bertz CT molecular complexity index is 1150. The van der Waals surface area contributed by atoms with Gasteiger partial charge in [-0.25, -0.2) is 4.79 Å². The summed E-state index contributed by atoms with van der Waals surface area (Å²) < 4.78 is 5.36. The van der Waals surface area contributed by atoms with Gasteiger partial charge >= 0.3 is 12.0 Å². The minimum Gasteiger partial charge on any atom is -0.453 e. The Morgan fingerprint density at radius 2 is 1.82 bits per heavy atom. The lowest BCUT2D eigenvalue weighted by Gasteiger charge is -2.40. The molecule has 2 heterocycles. The minimum atomic E-state index is -1.05. The number of carbonyl (C=O) groups is 4. The van der Waals surface area contributed by atoms with Crippen molar-refractivity contribution in [1.29, 1.82) is 0 Å². The van der Waals surface area contributed by atoms with Crippen LogP contribution in [0, 0.1) is 18.3 Å². The van der Waals surface area contributed by atoms with Crippen molar-refractivity contribution in [2.75, 3.05) is 6.54 Å². The lowest BCUT2D eigenvalue weighted by Crippen LogP contribution is -2.50. The zero-order chi connectivity index (χ0) is 24.8. The predicted octanol–water partition coefficient (Wildman–Crippen LogP) is 4.12. The normalized spacial score (nSPS) is 23.9. The van der Waals surface area contributed by atoms with Crippen molar-refractivity contribution in [1.82, 2.24) is 15.2 Å². The van der Waals surface area contributed by atoms with Crippen LogP contribution in [0.2, 0.25) is 0 Å². The second-order valence-corrected chi connectivity index (χ2v) is 10.7. The van der Waals surface area contributed by atoms with E-state index in [0.717, 1.165) is 28.6 Å². The smallest absolute Gasteiger partial charge is 0.326 e. The molecule has 1 spiro atoms. The number of aromatic nitrogens is 1. The molecular weight excluding hydrogens is 434 g/mol. The van der Waals surface area contributed by atoms with Gasteiger partial charge in [0.05, 0.1) is 0 Å². The number of nitrogens with one attached hydrogen (secondary N) is 2. The number of amides is 3. The fraction of sp³-hybridized carbons (Fsp3) is 0.538. The third-order valence-corrected chi connectivity index (χ3v) is 7.41. The summed E-state index contributed by atoms with van der Waals surface area (Å²) in [6, 6.07) is 6.84. The van der Waals surface area contributed by atoms with E-state index in [1.165, 1.54) is 6.92 Å². The first-order valence-electron chi connectivity index (χ1n) is 11.9. The molecular formula is C26H33N3O5. The zero-order valence-corrected chi connectivity index (χ0v) is 20.5. The maximum Gasteiger partial charge on any atom is 0.326 e. The van der Waals surface area contributed by atoms with Gasteiger partial charge < -0.3 is 15.0 Å². The van der Waals surface area contributed by atoms with E-state index >= 15 is 0 Å². The number of hydrogen-bond donors (Lipinski definition) is 2. The monoisotopic (exact) mass is 467 g/mol. The number of para-hydroxylation sites is 1. The van der Waals surface area contributed by atoms with E-state index in [1.54, 1.807) is 6.92 Å². The Labute approximate surface area is 199 Å². The van der Waals surface area contributed by atoms with Crippen LogP contribution in [0.25, 0.3) is 10.9 Å². The van der Waals surface area contributed by atoms with Crippen LogP contribution in [0.5, 0.6) is 0 Å². The van der Waals surface area contributed by atoms with Gasteiger partial charge in [-0.05, 0) is 56.9 Å². The van der Waals surface area contributed by atoms with E-state index < -0.39 is 30.2 Å². The topological polar surface area (TPSA) is 109 Å². The van der Waals surface area contributed by atoms with E-state index in [9.17, 15) is 19.2 Å². The van der Waals surface area contributed by atoms with Crippen LogP contribution in [0.15, 0.2) is 24.3 Å². The molecule has 0 bridgehead atoms. The van der Waals surface area contributed by atoms with Crippen LogP contribution in [0.3, 0.4) is 0 Å². The molecule has 1 saturated heterocycles. The molecule has 182 valence electrons. The molecule has 1 aliphatic heterocycles. The van der Waals surface area contributed by atoms with Gasteiger partial charge in [-0.3, -0.25) is 19.3 Å².